The Balaban J connectivity index is 0.000000158. The molecule has 0 unspecified atom stereocenters. The van der Waals surface area contributed by atoms with Crippen LogP contribution in [0.5, 0.6) is 0 Å². The van der Waals surface area contributed by atoms with E-state index in [1.165, 1.54) is 83.5 Å². The maximum Gasteiger partial charge on any atom is 0.412 e. The van der Waals surface area contributed by atoms with Crippen molar-refractivity contribution in [2.75, 3.05) is 44.2 Å². The summed E-state index contributed by atoms with van der Waals surface area (Å²) in [4.78, 5) is 23.8. The van der Waals surface area contributed by atoms with E-state index in [0.717, 1.165) is 76.7 Å². The number of hydrogen-bond donors (Lipinski definition) is 10. The second-order valence-corrected chi connectivity index (χ2v) is 23.0. The van der Waals surface area contributed by atoms with Gasteiger partial charge in [0.15, 0.2) is 10.2 Å². The van der Waals surface area contributed by atoms with Gasteiger partial charge in [-0.05, 0) is 278 Å². The molecule has 12 rings (SSSR count). The van der Waals surface area contributed by atoms with Gasteiger partial charge in [-0.15, -0.1) is 0 Å². The maximum atomic E-state index is 11.9. The summed E-state index contributed by atoms with van der Waals surface area (Å²) in [5.41, 5.74) is 59.5. The summed E-state index contributed by atoms with van der Waals surface area (Å²) >= 11 is 9.73. The van der Waals surface area contributed by atoms with Gasteiger partial charge in [-0.3, -0.25) is 10.6 Å². The number of amides is 2. The quantitative estimate of drug-likeness (QED) is 0.0581. The van der Waals surface area contributed by atoms with Crippen LogP contribution in [0.2, 0.25) is 0 Å². The largest absolute Gasteiger partial charge is 0.444 e. The molecule has 2 amide bonds. The molecule has 0 fully saturated rings. The summed E-state index contributed by atoms with van der Waals surface area (Å²) in [6.07, 6.45) is 2.59. The molecule has 8 aromatic carbocycles. The molecule has 4 aliphatic carbocycles. The fraction of sp³-hybridized carbons (Fsp3) is 0.212. The summed E-state index contributed by atoms with van der Waals surface area (Å²) < 4.78 is 10.6. The van der Waals surface area contributed by atoms with Gasteiger partial charge < -0.3 is 54.5 Å². The highest BCUT2D eigenvalue weighted by molar-refractivity contribution is 7.80. The fourth-order valence-electron chi connectivity index (χ4n) is 10.4. The van der Waals surface area contributed by atoms with Gasteiger partial charge >= 0.3 is 12.2 Å². The third-order valence-corrected chi connectivity index (χ3v) is 13.7. The first-order valence-electron chi connectivity index (χ1n) is 26.1. The Morgan fingerprint density at radius 3 is 0.756 bits per heavy atom. The standard InChI is InChI=1S/C19H21N3O2S.C18H20N2O2.C14H13N3S.C13H12N2.2CH4/c1-19(2,3)24-18(23)22-14-5-7-16-12(10-14)8-11-9-13(21-17(20)25)4-6-15(11)16;1-18(2,3)22-17(21)20-14-5-7-16-12(10-14)8-11-9-13(19)4-6-15(11)16;15-10-1-3-12-8(6-10)5-9-7-11(17-14(16)18)2-4-13(9)12;14-10-1-3-12-8(6-10)5-9-7-11(15)2-4-13(9)12;;/h4-7,9-10H,8H2,1-3H3,(H,22,23)(H3,20,21,25);4-7,9-10H,8,19H2,1-3H3,(H,20,21);1-4,6-7H,5,15H2,(H3,16,17,18);1-4,6-7H,5,14-15H2;2*1H4. The van der Waals surface area contributed by atoms with Crippen molar-refractivity contribution in [1.82, 2.24) is 0 Å². The lowest BCUT2D eigenvalue weighted by atomic mass is 10.1. The zero-order valence-corrected chi connectivity index (χ0v) is 47.2. The molecule has 0 aromatic heterocycles. The van der Waals surface area contributed by atoms with Crippen molar-refractivity contribution in [3.8, 4) is 44.5 Å². The third kappa shape index (κ3) is 14.8. The number of carbonyl (C=O) groups excluding carboxylic acids is 2. The highest BCUT2D eigenvalue weighted by atomic mass is 32.1. The number of ether oxygens (including phenoxy) is 2. The molecule has 16 heteroatoms. The van der Waals surface area contributed by atoms with Crippen LogP contribution in [0, 0.1) is 0 Å². The predicted molar refractivity (Wildman–Crippen MR) is 350 cm³/mol. The van der Waals surface area contributed by atoms with E-state index in [-0.39, 0.29) is 25.1 Å². The average molecular weight is 1140 g/mol. The van der Waals surface area contributed by atoms with E-state index in [9.17, 15) is 9.59 Å². The van der Waals surface area contributed by atoms with Crippen molar-refractivity contribution in [2.45, 2.75) is 93.3 Å². The van der Waals surface area contributed by atoms with Crippen LogP contribution in [0.4, 0.5) is 55.1 Å². The van der Waals surface area contributed by atoms with Crippen molar-refractivity contribution >= 4 is 92.3 Å². The lowest BCUT2D eigenvalue weighted by Gasteiger charge is -2.19. The lowest BCUT2D eigenvalue weighted by molar-refractivity contribution is 0.0624. The smallest absolute Gasteiger partial charge is 0.412 e. The highest BCUT2D eigenvalue weighted by Gasteiger charge is 2.24. The molecule has 14 nitrogen and oxygen atoms in total. The highest BCUT2D eigenvalue weighted by Crippen LogP contribution is 2.42. The monoisotopic (exact) mass is 1130 g/mol. The molecule has 0 spiro atoms. The molecule has 0 radical (unpaired) electrons. The number of hydrogen-bond acceptors (Lipinski definition) is 10. The Morgan fingerprint density at radius 1 is 0.354 bits per heavy atom. The normalized spacial score (nSPS) is 11.9. The summed E-state index contributed by atoms with van der Waals surface area (Å²) in [7, 11) is 0. The second kappa shape index (κ2) is 24.7. The summed E-state index contributed by atoms with van der Waals surface area (Å²) in [5.74, 6) is 0. The predicted octanol–water partition coefficient (Wildman–Crippen LogP) is 14.6. The first-order valence-corrected chi connectivity index (χ1v) is 26.9. The Labute approximate surface area is 492 Å². The summed E-state index contributed by atoms with van der Waals surface area (Å²) in [6.45, 7) is 11.0. The molecule has 0 saturated heterocycles. The molecule has 0 heterocycles. The van der Waals surface area contributed by atoms with Gasteiger partial charge in [-0.2, -0.15) is 0 Å². The van der Waals surface area contributed by atoms with E-state index >= 15 is 0 Å². The van der Waals surface area contributed by atoms with Gasteiger partial charge in [0, 0.05) is 45.5 Å². The average Bonchev–Trinajstić information content (AvgIpc) is 3.57. The number of anilines is 8. The number of thiocarbonyl (C=S) groups is 2. The topological polar surface area (TPSA) is 257 Å². The van der Waals surface area contributed by atoms with E-state index < -0.39 is 23.4 Å². The van der Waals surface area contributed by atoms with Crippen molar-refractivity contribution in [2.24, 2.45) is 11.5 Å². The lowest BCUT2D eigenvalue weighted by Crippen LogP contribution is -2.27. The minimum atomic E-state index is -0.524. The zero-order valence-electron chi connectivity index (χ0n) is 45.6. The Morgan fingerprint density at radius 2 is 0.549 bits per heavy atom. The second-order valence-electron chi connectivity index (χ2n) is 22.1. The van der Waals surface area contributed by atoms with E-state index in [0.29, 0.717) is 0 Å². The number of nitrogen functional groups attached to an aromatic ring is 4. The molecule has 0 aliphatic heterocycles. The first-order chi connectivity index (χ1) is 37.9. The molecule has 0 saturated carbocycles. The minimum absolute atomic E-state index is 0. The van der Waals surface area contributed by atoms with Crippen LogP contribution in [0.25, 0.3) is 44.5 Å². The van der Waals surface area contributed by atoms with Crippen molar-refractivity contribution in [3.05, 3.63) is 190 Å². The van der Waals surface area contributed by atoms with Gasteiger partial charge in [0.2, 0.25) is 0 Å². The SMILES string of the molecule is C.C.CC(C)(C)OC(=O)Nc1ccc2c(c1)Cc1cc(N)ccc1-2.CC(C)(C)OC(=O)Nc1ccc2c(c1)Cc1cc(NC(N)=S)ccc1-2.NC(=S)Nc1ccc2c(c1)Cc1cc(N)ccc1-2.Nc1ccc2c(c1)Cc1cc(N)ccc1-2. The molecule has 424 valence electrons. The summed E-state index contributed by atoms with van der Waals surface area (Å²) in [6, 6.07) is 48.3. The number of nitrogens with two attached hydrogens (primary N) is 6. The van der Waals surface area contributed by atoms with Crippen molar-refractivity contribution < 1.29 is 19.1 Å². The number of rotatable bonds is 4. The molecule has 82 heavy (non-hydrogen) atoms. The van der Waals surface area contributed by atoms with Crippen LogP contribution >= 0.6 is 24.4 Å². The van der Waals surface area contributed by atoms with Gasteiger partial charge in [-0.25, -0.2) is 9.59 Å². The van der Waals surface area contributed by atoms with E-state index in [1.807, 2.05) is 139 Å². The fourth-order valence-corrected chi connectivity index (χ4v) is 10.6. The van der Waals surface area contributed by atoms with E-state index in [1.54, 1.807) is 0 Å². The number of carbonyl (C=O) groups is 2. The van der Waals surface area contributed by atoms with E-state index in [4.69, 9.17) is 68.3 Å². The molecular formula is C66H74N10O4S2. The first kappa shape index (κ1) is 60.5. The molecule has 16 N–H and O–H groups in total. The van der Waals surface area contributed by atoms with Crippen LogP contribution < -0.4 is 55.7 Å². The molecule has 4 aliphatic rings. The minimum Gasteiger partial charge on any atom is -0.444 e. The Bertz CT molecular complexity index is 3720. The number of nitrogens with one attached hydrogen (secondary N) is 4. The molecular weight excluding hydrogens is 1060 g/mol. The van der Waals surface area contributed by atoms with Crippen LogP contribution in [0.3, 0.4) is 0 Å². The maximum absolute atomic E-state index is 11.9. The Hall–Kier alpha value is -9.12. The van der Waals surface area contributed by atoms with Gasteiger partial charge in [0.25, 0.3) is 0 Å². The van der Waals surface area contributed by atoms with Crippen LogP contribution in [0.1, 0.15) is 101 Å². The van der Waals surface area contributed by atoms with Crippen LogP contribution in [0.15, 0.2) is 146 Å². The molecule has 0 bridgehead atoms. The third-order valence-electron chi connectivity index (χ3n) is 13.4. The van der Waals surface area contributed by atoms with Gasteiger partial charge in [-0.1, -0.05) is 63.4 Å². The Kier molecular flexibility index (Phi) is 18.2. The van der Waals surface area contributed by atoms with E-state index in [2.05, 4.69) is 69.8 Å². The molecule has 8 aromatic rings. The van der Waals surface area contributed by atoms with Crippen LogP contribution in [-0.4, -0.2) is 33.6 Å². The number of benzene rings is 8. The van der Waals surface area contributed by atoms with Gasteiger partial charge in [0.05, 0.1) is 0 Å². The van der Waals surface area contributed by atoms with Crippen molar-refractivity contribution in [3.63, 3.8) is 0 Å². The van der Waals surface area contributed by atoms with Crippen molar-refractivity contribution in [1.29, 1.82) is 0 Å². The summed E-state index contributed by atoms with van der Waals surface area (Å²) in [5, 5.41) is 12.0. The van der Waals surface area contributed by atoms with Gasteiger partial charge in [0.1, 0.15) is 11.2 Å². The zero-order chi connectivity index (χ0) is 57.2. The van der Waals surface area contributed by atoms with Crippen LogP contribution in [-0.2, 0) is 35.2 Å². The molecule has 0 atom stereocenters. The number of fused-ring (bicyclic) bond motifs is 12.